The van der Waals surface area contributed by atoms with Gasteiger partial charge in [0.05, 0.1) is 11.3 Å². The summed E-state index contributed by atoms with van der Waals surface area (Å²) in [5, 5.41) is 8.14. The second-order valence-corrected chi connectivity index (χ2v) is 4.91. The third-order valence-corrected chi connectivity index (χ3v) is 2.57. The van der Waals surface area contributed by atoms with E-state index in [1.54, 1.807) is 24.3 Å². The first-order chi connectivity index (χ1) is 9.43. The van der Waals surface area contributed by atoms with E-state index >= 15 is 0 Å². The van der Waals surface area contributed by atoms with E-state index in [1.807, 2.05) is 20.8 Å². The summed E-state index contributed by atoms with van der Waals surface area (Å²) in [6.45, 7) is 5.90. The van der Waals surface area contributed by atoms with Gasteiger partial charge in [0.15, 0.2) is 0 Å². The first-order valence-electron chi connectivity index (χ1n) is 6.61. The van der Waals surface area contributed by atoms with Gasteiger partial charge in [0.1, 0.15) is 0 Å². The van der Waals surface area contributed by atoms with Gasteiger partial charge in [-0.25, -0.2) is 4.79 Å². The van der Waals surface area contributed by atoms with Gasteiger partial charge >= 0.3 is 6.03 Å². The molecule has 0 aromatic heterocycles. The monoisotopic (exact) mass is 278 g/mol. The summed E-state index contributed by atoms with van der Waals surface area (Å²) < 4.78 is 0. The zero-order valence-electron chi connectivity index (χ0n) is 12.1. The summed E-state index contributed by atoms with van der Waals surface area (Å²) in [6, 6.07) is 6.40. The Balaban J connectivity index is 2.82. The fourth-order valence-electron chi connectivity index (χ4n) is 1.57. The summed E-state index contributed by atoms with van der Waals surface area (Å²) >= 11 is 0. The second kappa shape index (κ2) is 7.49. The third kappa shape index (κ3) is 4.89. The number of carbonyl (C=O) groups excluding carboxylic acids is 2. The lowest BCUT2D eigenvalue weighted by atomic mass is 10.1. The molecule has 0 spiro atoms. The van der Waals surface area contributed by atoms with Crippen molar-refractivity contribution in [2.75, 3.05) is 11.9 Å². The molecule has 20 heavy (non-hydrogen) atoms. The molecule has 0 heterocycles. The number of amides is 3. The molecule has 1 aromatic carbocycles. The number of carbonyl (C=O) groups is 2. The Morgan fingerprint density at radius 1 is 1.15 bits per heavy atom. The Bertz CT molecular complexity index is 474. The van der Waals surface area contributed by atoms with Crippen LogP contribution in [-0.2, 0) is 0 Å². The number of hydrogen-bond acceptors (Lipinski definition) is 3. The largest absolute Gasteiger partial charge is 0.348 e. The number of benzene rings is 1. The maximum absolute atomic E-state index is 12.1. The predicted molar refractivity (Wildman–Crippen MR) is 79.7 cm³/mol. The van der Waals surface area contributed by atoms with Crippen LogP contribution in [0.25, 0.3) is 0 Å². The van der Waals surface area contributed by atoms with E-state index in [0.29, 0.717) is 17.8 Å². The zero-order chi connectivity index (χ0) is 15.1. The van der Waals surface area contributed by atoms with Crippen LogP contribution in [0.4, 0.5) is 10.5 Å². The molecule has 1 rings (SSSR count). The number of para-hydroxylation sites is 1. The number of rotatable bonds is 5. The van der Waals surface area contributed by atoms with Gasteiger partial charge in [0, 0.05) is 18.6 Å². The Labute approximate surface area is 119 Å². The lowest BCUT2D eigenvalue weighted by Gasteiger charge is -2.15. The van der Waals surface area contributed by atoms with Gasteiger partial charge in [-0.05, 0) is 32.9 Å². The van der Waals surface area contributed by atoms with Crippen LogP contribution in [-0.4, -0.2) is 30.6 Å². The highest BCUT2D eigenvalue weighted by Gasteiger charge is 2.14. The van der Waals surface area contributed by atoms with E-state index in [0.717, 1.165) is 0 Å². The average Bonchev–Trinajstić information content (AvgIpc) is 2.37. The lowest BCUT2D eigenvalue weighted by molar-refractivity contribution is 0.0942. The van der Waals surface area contributed by atoms with Crippen molar-refractivity contribution in [3.63, 3.8) is 0 Å². The summed E-state index contributed by atoms with van der Waals surface area (Å²) in [4.78, 5) is 23.8. The Kier molecular flexibility index (Phi) is 5.99. The smallest absolute Gasteiger partial charge is 0.319 e. The maximum Gasteiger partial charge on any atom is 0.319 e. The van der Waals surface area contributed by atoms with Crippen molar-refractivity contribution in [1.82, 2.24) is 10.6 Å². The van der Waals surface area contributed by atoms with Gasteiger partial charge in [-0.1, -0.05) is 12.1 Å². The number of hydrogen-bond donors (Lipinski definition) is 4. The highest BCUT2D eigenvalue weighted by molar-refractivity contribution is 6.03. The maximum atomic E-state index is 12.1. The molecule has 0 bridgehead atoms. The van der Waals surface area contributed by atoms with Gasteiger partial charge < -0.3 is 21.7 Å². The van der Waals surface area contributed by atoms with E-state index < -0.39 is 0 Å². The van der Waals surface area contributed by atoms with Gasteiger partial charge in [-0.2, -0.15) is 0 Å². The second-order valence-electron chi connectivity index (χ2n) is 4.91. The van der Waals surface area contributed by atoms with Crippen LogP contribution in [0.15, 0.2) is 24.3 Å². The fourth-order valence-corrected chi connectivity index (χ4v) is 1.57. The minimum Gasteiger partial charge on any atom is -0.348 e. The molecule has 5 N–H and O–H groups in total. The average molecular weight is 278 g/mol. The first kappa shape index (κ1) is 16.0. The number of urea groups is 1. The Morgan fingerprint density at radius 2 is 1.80 bits per heavy atom. The molecular weight excluding hydrogens is 256 g/mol. The van der Waals surface area contributed by atoms with E-state index in [1.165, 1.54) is 0 Å². The molecule has 6 nitrogen and oxygen atoms in total. The van der Waals surface area contributed by atoms with E-state index in [4.69, 9.17) is 5.73 Å². The SMILES string of the molecule is CC(C)NC(=O)Nc1ccccc1C(=O)N[C@@H](C)CN. The molecule has 0 radical (unpaired) electrons. The van der Waals surface area contributed by atoms with Crippen LogP contribution in [0.2, 0.25) is 0 Å². The van der Waals surface area contributed by atoms with E-state index in [9.17, 15) is 9.59 Å². The standard InChI is InChI=1S/C14H22N4O2/c1-9(2)16-14(20)18-12-7-5-4-6-11(12)13(19)17-10(3)8-15/h4-7,9-10H,8,15H2,1-3H3,(H,17,19)(H2,16,18,20)/t10-/m0/s1. The molecular formula is C14H22N4O2. The van der Waals surface area contributed by atoms with Crippen LogP contribution in [0.3, 0.4) is 0 Å². The Hall–Kier alpha value is -2.08. The normalized spacial score (nSPS) is 11.8. The molecule has 0 saturated carbocycles. The molecule has 1 aromatic rings. The first-order valence-corrected chi connectivity index (χ1v) is 6.61. The van der Waals surface area contributed by atoms with Crippen molar-refractivity contribution < 1.29 is 9.59 Å². The minimum atomic E-state index is -0.341. The van der Waals surface area contributed by atoms with Gasteiger partial charge in [0.2, 0.25) is 0 Å². The fraction of sp³-hybridized carbons (Fsp3) is 0.429. The molecule has 0 aliphatic carbocycles. The molecule has 0 aliphatic heterocycles. The highest BCUT2D eigenvalue weighted by Crippen LogP contribution is 2.15. The van der Waals surface area contributed by atoms with Crippen LogP contribution in [0.1, 0.15) is 31.1 Å². The molecule has 0 unspecified atom stereocenters. The summed E-state index contributed by atoms with van der Waals surface area (Å²) in [6.07, 6.45) is 0. The molecule has 0 fully saturated rings. The van der Waals surface area contributed by atoms with Crippen LogP contribution in [0.5, 0.6) is 0 Å². The molecule has 110 valence electrons. The predicted octanol–water partition coefficient (Wildman–Crippen LogP) is 1.29. The molecule has 3 amide bonds. The van der Waals surface area contributed by atoms with Crippen molar-refractivity contribution in [1.29, 1.82) is 0 Å². The lowest BCUT2D eigenvalue weighted by Crippen LogP contribution is -2.39. The quantitative estimate of drug-likeness (QED) is 0.653. The molecule has 0 aliphatic rings. The third-order valence-electron chi connectivity index (χ3n) is 2.57. The van der Waals surface area contributed by atoms with Crippen molar-refractivity contribution >= 4 is 17.6 Å². The summed E-state index contributed by atoms with van der Waals surface area (Å²) in [7, 11) is 0. The van der Waals surface area contributed by atoms with Crippen LogP contribution in [0, 0.1) is 0 Å². The van der Waals surface area contributed by atoms with Crippen molar-refractivity contribution in [3.8, 4) is 0 Å². The number of nitrogens with one attached hydrogen (secondary N) is 3. The van der Waals surface area contributed by atoms with Gasteiger partial charge in [-0.15, -0.1) is 0 Å². The number of nitrogens with two attached hydrogens (primary N) is 1. The molecule has 0 saturated heterocycles. The van der Waals surface area contributed by atoms with E-state index in [2.05, 4.69) is 16.0 Å². The highest BCUT2D eigenvalue weighted by atomic mass is 16.2. The Morgan fingerprint density at radius 3 is 2.40 bits per heavy atom. The summed E-state index contributed by atoms with van der Waals surface area (Å²) in [5.74, 6) is -0.261. The minimum absolute atomic E-state index is 0.0215. The van der Waals surface area contributed by atoms with Crippen molar-refractivity contribution in [2.24, 2.45) is 5.73 Å². The van der Waals surface area contributed by atoms with Crippen molar-refractivity contribution in [3.05, 3.63) is 29.8 Å². The molecule has 1 atom stereocenters. The summed E-state index contributed by atoms with van der Waals surface area (Å²) in [5.41, 5.74) is 6.35. The number of anilines is 1. The molecule has 6 heteroatoms. The van der Waals surface area contributed by atoms with Crippen LogP contribution >= 0.6 is 0 Å². The zero-order valence-corrected chi connectivity index (χ0v) is 12.1. The van der Waals surface area contributed by atoms with Crippen LogP contribution < -0.4 is 21.7 Å². The topological polar surface area (TPSA) is 96.2 Å². The van der Waals surface area contributed by atoms with Gasteiger partial charge in [-0.3, -0.25) is 4.79 Å². The van der Waals surface area contributed by atoms with E-state index in [-0.39, 0.29) is 24.0 Å². The van der Waals surface area contributed by atoms with Gasteiger partial charge in [0.25, 0.3) is 5.91 Å². The van der Waals surface area contributed by atoms with Crippen molar-refractivity contribution in [2.45, 2.75) is 32.9 Å².